The summed E-state index contributed by atoms with van der Waals surface area (Å²) in [5.74, 6) is 0.856. The molecule has 3 aromatic rings. The molecule has 1 aliphatic heterocycles. The summed E-state index contributed by atoms with van der Waals surface area (Å²) in [5, 5.41) is 8.65. The van der Waals surface area contributed by atoms with E-state index in [1.807, 2.05) is 35.2 Å². The van der Waals surface area contributed by atoms with Crippen molar-refractivity contribution in [2.24, 2.45) is 0 Å². The molecule has 0 spiro atoms. The van der Waals surface area contributed by atoms with Gasteiger partial charge in [0.05, 0.1) is 11.9 Å². The molecule has 0 saturated carbocycles. The molecule has 1 atom stereocenters. The Morgan fingerprint density at radius 2 is 1.88 bits per heavy atom. The smallest absolute Gasteiger partial charge is 0.277 e. The van der Waals surface area contributed by atoms with Crippen LogP contribution in [0.5, 0.6) is 0 Å². The Labute approximate surface area is 150 Å². The Balaban J connectivity index is 1.58. The molecule has 1 fully saturated rings. The number of carbonyl (C=O) groups excluding carboxylic acids is 1. The van der Waals surface area contributed by atoms with E-state index >= 15 is 0 Å². The van der Waals surface area contributed by atoms with Crippen molar-refractivity contribution in [2.45, 2.75) is 12.3 Å². The van der Waals surface area contributed by atoms with Crippen molar-refractivity contribution in [1.82, 2.24) is 19.9 Å². The molecule has 1 saturated heterocycles. The van der Waals surface area contributed by atoms with Gasteiger partial charge in [0.15, 0.2) is 5.69 Å². The van der Waals surface area contributed by atoms with Crippen LogP contribution >= 0.6 is 11.8 Å². The topological polar surface area (TPSA) is 51.0 Å². The summed E-state index contributed by atoms with van der Waals surface area (Å²) in [5.41, 5.74) is 3.59. The zero-order chi connectivity index (χ0) is 17.2. The van der Waals surface area contributed by atoms with Gasteiger partial charge >= 0.3 is 0 Å². The zero-order valence-corrected chi connectivity index (χ0v) is 14.7. The van der Waals surface area contributed by atoms with Crippen LogP contribution in [0.2, 0.25) is 0 Å². The van der Waals surface area contributed by atoms with Gasteiger partial charge in [-0.2, -0.15) is 9.90 Å². The third-order valence-corrected chi connectivity index (χ3v) is 5.47. The third-order valence-electron chi connectivity index (χ3n) is 4.21. The van der Waals surface area contributed by atoms with Crippen molar-refractivity contribution in [2.75, 3.05) is 12.3 Å². The van der Waals surface area contributed by atoms with Crippen molar-refractivity contribution in [1.29, 1.82) is 0 Å². The van der Waals surface area contributed by atoms with E-state index in [4.69, 9.17) is 0 Å². The minimum Gasteiger partial charge on any atom is -0.320 e. The Bertz CT molecular complexity index is 876. The zero-order valence-electron chi connectivity index (χ0n) is 13.9. The number of benzene rings is 2. The maximum Gasteiger partial charge on any atom is 0.277 e. The van der Waals surface area contributed by atoms with Crippen LogP contribution in [-0.4, -0.2) is 38.1 Å². The monoisotopic (exact) mass is 350 g/mol. The molecule has 1 aliphatic rings. The van der Waals surface area contributed by atoms with E-state index in [0.29, 0.717) is 5.69 Å². The van der Waals surface area contributed by atoms with Crippen molar-refractivity contribution in [3.8, 4) is 5.69 Å². The van der Waals surface area contributed by atoms with Gasteiger partial charge in [-0.1, -0.05) is 48.0 Å². The molecule has 0 bridgehead atoms. The molecular formula is C19H18N4OS. The average molecular weight is 350 g/mol. The first-order valence-electron chi connectivity index (χ1n) is 8.19. The summed E-state index contributed by atoms with van der Waals surface area (Å²) >= 11 is 1.79. The molecule has 1 aromatic heterocycles. The van der Waals surface area contributed by atoms with E-state index in [-0.39, 0.29) is 11.3 Å². The number of hydrogen-bond donors (Lipinski definition) is 0. The normalized spacial score (nSPS) is 17.0. The van der Waals surface area contributed by atoms with Gasteiger partial charge in [0, 0.05) is 12.3 Å². The second kappa shape index (κ2) is 6.72. The molecule has 0 radical (unpaired) electrons. The predicted octanol–water partition coefficient (Wildman–Crippen LogP) is 3.46. The molecule has 1 unspecified atom stereocenters. The lowest BCUT2D eigenvalue weighted by molar-refractivity contribution is 0.0754. The molecule has 25 heavy (non-hydrogen) atoms. The molecule has 6 heteroatoms. The van der Waals surface area contributed by atoms with Gasteiger partial charge in [0.2, 0.25) is 0 Å². The van der Waals surface area contributed by atoms with Gasteiger partial charge in [-0.15, -0.1) is 16.9 Å². The fraction of sp³-hybridized carbons (Fsp3) is 0.211. The van der Waals surface area contributed by atoms with Gasteiger partial charge < -0.3 is 4.90 Å². The molecular weight excluding hydrogens is 332 g/mol. The first kappa shape index (κ1) is 15.9. The summed E-state index contributed by atoms with van der Waals surface area (Å²) in [6.45, 7) is 2.79. The lowest BCUT2D eigenvalue weighted by Gasteiger charge is -2.23. The highest BCUT2D eigenvalue weighted by Gasteiger charge is 2.32. The highest BCUT2D eigenvalue weighted by atomic mass is 32.2. The number of rotatable bonds is 3. The summed E-state index contributed by atoms with van der Waals surface area (Å²) in [6, 6.07) is 18.0. The maximum absolute atomic E-state index is 12.9. The number of hydrogen-bond acceptors (Lipinski definition) is 4. The van der Waals surface area contributed by atoms with Crippen molar-refractivity contribution >= 4 is 17.7 Å². The van der Waals surface area contributed by atoms with Gasteiger partial charge in [-0.3, -0.25) is 4.79 Å². The summed E-state index contributed by atoms with van der Waals surface area (Å²) in [7, 11) is 0. The van der Waals surface area contributed by atoms with Gasteiger partial charge in [-0.05, 0) is 24.6 Å². The Morgan fingerprint density at radius 3 is 2.64 bits per heavy atom. The molecule has 126 valence electrons. The van der Waals surface area contributed by atoms with Crippen LogP contribution in [0.1, 0.15) is 27.0 Å². The van der Waals surface area contributed by atoms with Gasteiger partial charge in [0.25, 0.3) is 5.91 Å². The maximum atomic E-state index is 12.9. The van der Waals surface area contributed by atoms with Crippen molar-refractivity contribution in [3.63, 3.8) is 0 Å². The number of nitrogens with zero attached hydrogens (tertiary/aromatic N) is 4. The highest BCUT2D eigenvalue weighted by Crippen LogP contribution is 2.38. The molecule has 5 nitrogen and oxygen atoms in total. The van der Waals surface area contributed by atoms with E-state index < -0.39 is 0 Å². The molecule has 1 amide bonds. The van der Waals surface area contributed by atoms with E-state index in [0.717, 1.165) is 23.5 Å². The van der Waals surface area contributed by atoms with Gasteiger partial charge in [-0.25, -0.2) is 0 Å². The van der Waals surface area contributed by atoms with E-state index in [1.54, 1.807) is 18.0 Å². The van der Waals surface area contributed by atoms with Crippen LogP contribution < -0.4 is 0 Å². The second-order valence-electron chi connectivity index (χ2n) is 5.99. The minimum absolute atomic E-state index is 0.0370. The number of carbonyl (C=O) groups is 1. The van der Waals surface area contributed by atoms with Gasteiger partial charge in [0.1, 0.15) is 5.37 Å². The minimum atomic E-state index is -0.0715. The quantitative estimate of drug-likeness (QED) is 0.726. The molecule has 0 N–H and O–H groups in total. The van der Waals surface area contributed by atoms with Crippen LogP contribution in [0.25, 0.3) is 5.69 Å². The summed E-state index contributed by atoms with van der Waals surface area (Å²) in [4.78, 5) is 16.3. The standard InChI is InChI=1S/C19H18N4OS/c1-14-7-9-15(10-8-14)19-22(11-12-25-19)18(24)17-13-20-23(21-17)16-5-3-2-4-6-16/h2-10,13,19H,11-12H2,1H3. The van der Waals surface area contributed by atoms with Crippen LogP contribution in [0.15, 0.2) is 60.8 Å². The predicted molar refractivity (Wildman–Crippen MR) is 98.8 cm³/mol. The number of aromatic nitrogens is 3. The van der Waals surface area contributed by atoms with Crippen LogP contribution in [-0.2, 0) is 0 Å². The first-order chi connectivity index (χ1) is 12.2. The Kier molecular flexibility index (Phi) is 4.28. The molecule has 4 rings (SSSR count). The number of para-hydroxylation sites is 1. The highest BCUT2D eigenvalue weighted by molar-refractivity contribution is 7.99. The van der Waals surface area contributed by atoms with E-state index in [9.17, 15) is 4.79 Å². The largest absolute Gasteiger partial charge is 0.320 e. The van der Waals surface area contributed by atoms with Crippen LogP contribution in [0.3, 0.4) is 0 Å². The van der Waals surface area contributed by atoms with E-state index in [1.165, 1.54) is 10.4 Å². The lowest BCUT2D eigenvalue weighted by atomic mass is 10.1. The number of aryl methyl sites for hydroxylation is 1. The van der Waals surface area contributed by atoms with Crippen molar-refractivity contribution in [3.05, 3.63) is 77.6 Å². The summed E-state index contributed by atoms with van der Waals surface area (Å²) in [6.07, 6.45) is 1.55. The number of thioether (sulfide) groups is 1. The number of amides is 1. The summed E-state index contributed by atoms with van der Waals surface area (Å²) < 4.78 is 0. The lowest BCUT2D eigenvalue weighted by Crippen LogP contribution is -2.30. The fourth-order valence-electron chi connectivity index (χ4n) is 2.88. The third kappa shape index (κ3) is 3.17. The Morgan fingerprint density at radius 1 is 1.12 bits per heavy atom. The van der Waals surface area contributed by atoms with Crippen LogP contribution in [0, 0.1) is 6.92 Å². The van der Waals surface area contributed by atoms with Crippen LogP contribution in [0.4, 0.5) is 0 Å². The Hall–Kier alpha value is -2.60. The van der Waals surface area contributed by atoms with E-state index in [2.05, 4.69) is 41.4 Å². The average Bonchev–Trinajstić information content (AvgIpc) is 3.32. The first-order valence-corrected chi connectivity index (χ1v) is 9.24. The second-order valence-corrected chi connectivity index (χ2v) is 7.18. The van der Waals surface area contributed by atoms with Crippen molar-refractivity contribution < 1.29 is 4.79 Å². The fourth-order valence-corrected chi connectivity index (χ4v) is 4.14. The SMILES string of the molecule is Cc1ccc(C2SCCN2C(=O)c2cnn(-c3ccccc3)n2)cc1. The molecule has 0 aliphatic carbocycles. The molecule has 2 aromatic carbocycles. The molecule has 2 heterocycles.